The average molecular weight is 164 g/mol. The van der Waals surface area contributed by atoms with Crippen molar-refractivity contribution in [2.45, 2.75) is 12.8 Å². The highest BCUT2D eigenvalue weighted by atomic mass is 31.0. The van der Waals surface area contributed by atoms with Crippen LogP contribution in [0.25, 0.3) is 0 Å². The van der Waals surface area contributed by atoms with Crippen LogP contribution in [0.4, 0.5) is 0 Å². The van der Waals surface area contributed by atoms with Gasteiger partial charge in [0, 0.05) is 0 Å². The second-order valence-electron chi connectivity index (χ2n) is 2.53. The third kappa shape index (κ3) is 2.48. The van der Waals surface area contributed by atoms with E-state index in [9.17, 15) is 0 Å². The van der Waals surface area contributed by atoms with Crippen molar-refractivity contribution in [1.82, 2.24) is 0 Å². The first-order valence-electron chi connectivity index (χ1n) is 3.79. The molecule has 0 heterocycles. The Morgan fingerprint density at radius 3 is 2.73 bits per heavy atom. The Bertz CT molecular complexity index is 240. The first kappa shape index (κ1) is 8.49. The zero-order chi connectivity index (χ0) is 8.10. The minimum atomic E-state index is 1.06. The van der Waals surface area contributed by atoms with Crippen molar-refractivity contribution >= 4 is 14.5 Å². The molecule has 0 aliphatic heterocycles. The van der Waals surface area contributed by atoms with E-state index in [1.54, 1.807) is 0 Å². The maximum Gasteiger partial charge on any atom is -0.0238 e. The summed E-state index contributed by atoms with van der Waals surface area (Å²) in [4.78, 5) is 0. The molecule has 1 aromatic carbocycles. The molecule has 0 N–H and O–H groups in total. The molecule has 58 valence electrons. The number of rotatable bonds is 3. The van der Waals surface area contributed by atoms with Crippen molar-refractivity contribution in [1.29, 1.82) is 0 Å². The minimum absolute atomic E-state index is 1.06. The van der Waals surface area contributed by atoms with Gasteiger partial charge in [-0.1, -0.05) is 30.3 Å². The van der Waals surface area contributed by atoms with Gasteiger partial charge in [0.1, 0.15) is 0 Å². The molecule has 0 saturated carbocycles. The van der Waals surface area contributed by atoms with Crippen molar-refractivity contribution in [3.05, 3.63) is 42.5 Å². The smallest absolute Gasteiger partial charge is 0.0238 e. The Labute approximate surface area is 70.5 Å². The summed E-state index contributed by atoms with van der Waals surface area (Å²) in [5.41, 5.74) is 1.40. The number of aryl methyl sites for hydroxylation is 1. The monoisotopic (exact) mass is 164 g/mol. The highest BCUT2D eigenvalue weighted by Crippen LogP contribution is 2.03. The van der Waals surface area contributed by atoms with E-state index in [2.05, 4.69) is 40.1 Å². The summed E-state index contributed by atoms with van der Waals surface area (Å²) in [6.07, 6.45) is 4.12. The Balaban J connectivity index is 2.69. The SMILES string of the molecule is C=CCCc1ccccc1P. The van der Waals surface area contributed by atoms with E-state index in [4.69, 9.17) is 0 Å². The fourth-order valence-electron chi connectivity index (χ4n) is 1.02. The first-order valence-corrected chi connectivity index (χ1v) is 4.36. The average Bonchev–Trinajstić information content (AvgIpc) is 2.03. The van der Waals surface area contributed by atoms with Crippen LogP contribution in [0.3, 0.4) is 0 Å². The summed E-state index contributed by atoms with van der Waals surface area (Å²) in [5, 5.41) is 1.30. The van der Waals surface area contributed by atoms with Crippen molar-refractivity contribution in [3.63, 3.8) is 0 Å². The van der Waals surface area contributed by atoms with Crippen LogP contribution in [-0.4, -0.2) is 0 Å². The van der Waals surface area contributed by atoms with Crippen LogP contribution >= 0.6 is 9.24 Å². The Morgan fingerprint density at radius 2 is 2.09 bits per heavy atom. The lowest BCUT2D eigenvalue weighted by Gasteiger charge is -2.01. The van der Waals surface area contributed by atoms with Crippen LogP contribution in [0.2, 0.25) is 0 Å². The maximum absolute atomic E-state index is 3.70. The Kier molecular flexibility index (Phi) is 3.32. The van der Waals surface area contributed by atoms with Crippen LogP contribution in [-0.2, 0) is 6.42 Å². The largest absolute Gasteiger partial charge is 0.105 e. The molecule has 1 unspecified atom stereocenters. The molecule has 0 radical (unpaired) electrons. The molecule has 11 heavy (non-hydrogen) atoms. The second kappa shape index (κ2) is 4.31. The number of benzene rings is 1. The topological polar surface area (TPSA) is 0 Å². The first-order chi connectivity index (χ1) is 5.34. The number of allylic oxidation sites excluding steroid dienone is 1. The van der Waals surface area contributed by atoms with Gasteiger partial charge in [0.2, 0.25) is 0 Å². The highest BCUT2D eigenvalue weighted by Gasteiger charge is 1.93. The van der Waals surface area contributed by atoms with Gasteiger partial charge >= 0.3 is 0 Å². The van der Waals surface area contributed by atoms with E-state index < -0.39 is 0 Å². The summed E-state index contributed by atoms with van der Waals surface area (Å²) in [5.74, 6) is 0. The van der Waals surface area contributed by atoms with Crippen LogP contribution < -0.4 is 5.30 Å². The van der Waals surface area contributed by atoms with E-state index in [1.165, 1.54) is 10.9 Å². The van der Waals surface area contributed by atoms with Gasteiger partial charge in [-0.25, -0.2) is 0 Å². The molecule has 0 spiro atoms. The molecule has 1 rings (SSSR count). The number of hydrogen-bond donors (Lipinski definition) is 0. The molecule has 0 bridgehead atoms. The predicted molar refractivity (Wildman–Crippen MR) is 54.3 cm³/mol. The predicted octanol–water partition coefficient (Wildman–Crippen LogP) is 2.31. The third-order valence-electron chi connectivity index (χ3n) is 1.67. The minimum Gasteiger partial charge on any atom is -0.105 e. The molecule has 0 aliphatic carbocycles. The van der Waals surface area contributed by atoms with Crippen LogP contribution in [0.15, 0.2) is 36.9 Å². The molecule has 0 fully saturated rings. The van der Waals surface area contributed by atoms with Gasteiger partial charge in [0.15, 0.2) is 0 Å². The van der Waals surface area contributed by atoms with Crippen molar-refractivity contribution in [2.24, 2.45) is 0 Å². The zero-order valence-electron chi connectivity index (χ0n) is 6.59. The zero-order valence-corrected chi connectivity index (χ0v) is 7.74. The Hall–Kier alpha value is -0.610. The quantitative estimate of drug-likeness (QED) is 0.475. The van der Waals surface area contributed by atoms with Gasteiger partial charge in [0.05, 0.1) is 0 Å². The van der Waals surface area contributed by atoms with E-state index in [-0.39, 0.29) is 0 Å². The summed E-state index contributed by atoms with van der Waals surface area (Å²) >= 11 is 0. The summed E-state index contributed by atoms with van der Waals surface area (Å²) < 4.78 is 0. The molecule has 0 aliphatic rings. The molecular weight excluding hydrogens is 151 g/mol. The summed E-state index contributed by atoms with van der Waals surface area (Å²) in [6.45, 7) is 3.70. The lowest BCUT2D eigenvalue weighted by molar-refractivity contribution is 1.01. The van der Waals surface area contributed by atoms with Gasteiger partial charge in [-0.2, -0.15) is 0 Å². The van der Waals surface area contributed by atoms with Gasteiger partial charge < -0.3 is 0 Å². The van der Waals surface area contributed by atoms with Crippen molar-refractivity contribution in [3.8, 4) is 0 Å². The molecule has 0 saturated heterocycles. The van der Waals surface area contributed by atoms with E-state index in [0.29, 0.717) is 0 Å². The standard InChI is InChI=1S/C10H13P/c1-2-3-6-9-7-4-5-8-10(9)11/h2,4-5,7-8H,1,3,6,11H2. The molecule has 0 aromatic heterocycles. The van der Waals surface area contributed by atoms with Gasteiger partial charge in [-0.15, -0.1) is 15.8 Å². The summed E-state index contributed by atoms with van der Waals surface area (Å²) in [7, 11) is 2.75. The lowest BCUT2D eigenvalue weighted by atomic mass is 10.1. The molecule has 1 aromatic rings. The van der Waals surface area contributed by atoms with E-state index >= 15 is 0 Å². The second-order valence-corrected chi connectivity index (χ2v) is 3.15. The number of hydrogen-bond acceptors (Lipinski definition) is 0. The fourth-order valence-corrected chi connectivity index (χ4v) is 1.37. The van der Waals surface area contributed by atoms with Crippen LogP contribution in [0.5, 0.6) is 0 Å². The molecule has 0 amide bonds. The Morgan fingerprint density at radius 1 is 1.36 bits per heavy atom. The van der Waals surface area contributed by atoms with Crippen molar-refractivity contribution < 1.29 is 0 Å². The highest BCUT2D eigenvalue weighted by molar-refractivity contribution is 7.27. The third-order valence-corrected chi connectivity index (χ3v) is 2.24. The van der Waals surface area contributed by atoms with E-state index in [0.717, 1.165) is 12.8 Å². The van der Waals surface area contributed by atoms with Crippen LogP contribution in [0, 0.1) is 0 Å². The molecule has 1 heteroatoms. The normalized spacial score (nSPS) is 9.55. The maximum atomic E-state index is 3.70. The fraction of sp³-hybridized carbons (Fsp3) is 0.200. The molecule has 0 nitrogen and oxygen atoms in total. The van der Waals surface area contributed by atoms with Crippen molar-refractivity contribution in [2.75, 3.05) is 0 Å². The van der Waals surface area contributed by atoms with Crippen LogP contribution in [0.1, 0.15) is 12.0 Å². The van der Waals surface area contributed by atoms with E-state index in [1.807, 2.05) is 6.08 Å². The van der Waals surface area contributed by atoms with Gasteiger partial charge in [-0.3, -0.25) is 0 Å². The van der Waals surface area contributed by atoms with Gasteiger partial charge in [0.25, 0.3) is 0 Å². The van der Waals surface area contributed by atoms with Gasteiger partial charge in [-0.05, 0) is 23.7 Å². The lowest BCUT2D eigenvalue weighted by Crippen LogP contribution is -1.99. The molecule has 1 atom stereocenters. The summed E-state index contributed by atoms with van der Waals surface area (Å²) in [6, 6.07) is 8.40. The molecular formula is C10H13P.